The average Bonchev–Trinajstić information content (AvgIpc) is 3.49. The van der Waals surface area contributed by atoms with Crippen molar-refractivity contribution in [1.82, 2.24) is 45.3 Å². The molecule has 0 bridgehead atoms. The second-order valence-corrected chi connectivity index (χ2v) is 14.7. The normalized spacial score (nSPS) is 13.9. The standard InChI is InChI=1S/C15H21N12PS4/c1-25(2)7-16-10-19-22-13(30-10)28(29,14-23-20-11(31-14)17-8-26(3)4)15-24-21-12(32-15)18-9-27(5)6/h7-9H,1-6H3. The van der Waals surface area contributed by atoms with Crippen LogP contribution in [0.4, 0.5) is 15.4 Å². The Morgan fingerprint density at radius 2 is 0.875 bits per heavy atom. The van der Waals surface area contributed by atoms with Crippen LogP contribution in [0.15, 0.2) is 15.0 Å². The highest BCUT2D eigenvalue weighted by Crippen LogP contribution is 2.47. The minimum atomic E-state index is -2.75. The van der Waals surface area contributed by atoms with Crippen LogP contribution in [-0.4, -0.2) is 107 Å². The fourth-order valence-electron chi connectivity index (χ4n) is 1.90. The fraction of sp³-hybridized carbons (Fsp3) is 0.400. The summed E-state index contributed by atoms with van der Waals surface area (Å²) < 4.78 is 1.82. The number of rotatable bonds is 9. The van der Waals surface area contributed by atoms with E-state index in [1.165, 1.54) is 34.0 Å². The Hall–Kier alpha value is -2.26. The Labute approximate surface area is 202 Å². The highest BCUT2D eigenvalue weighted by atomic mass is 32.4. The zero-order valence-corrected chi connectivity index (χ0v) is 22.3. The largest absolute Gasteiger partial charge is 0.369 e. The van der Waals surface area contributed by atoms with Crippen molar-refractivity contribution in [3.05, 3.63) is 0 Å². The lowest BCUT2D eigenvalue weighted by atomic mass is 10.9. The van der Waals surface area contributed by atoms with E-state index in [1.54, 1.807) is 19.0 Å². The van der Waals surface area contributed by atoms with Gasteiger partial charge >= 0.3 is 0 Å². The summed E-state index contributed by atoms with van der Waals surface area (Å²) in [5.41, 5.74) is 0. The summed E-state index contributed by atoms with van der Waals surface area (Å²) in [5, 5.41) is 27.1. The monoisotopic (exact) mass is 528 g/mol. The molecule has 0 atom stereocenters. The number of hydrogen-bond donors (Lipinski definition) is 0. The van der Waals surface area contributed by atoms with Gasteiger partial charge in [-0.1, -0.05) is 45.8 Å². The number of nitrogens with zero attached hydrogens (tertiary/aromatic N) is 12. The van der Waals surface area contributed by atoms with Crippen LogP contribution < -0.4 is 14.2 Å². The lowest BCUT2D eigenvalue weighted by molar-refractivity contribution is 0.643. The first-order chi connectivity index (χ1) is 15.2. The molecular formula is C15H21N12PS4. The van der Waals surface area contributed by atoms with Gasteiger partial charge in [0.15, 0.2) is 14.2 Å². The summed E-state index contributed by atoms with van der Waals surface area (Å²) in [4.78, 5) is 18.4. The zero-order valence-electron chi connectivity index (χ0n) is 18.2. The molecule has 3 aromatic heterocycles. The van der Waals surface area contributed by atoms with Gasteiger partial charge in [-0.15, -0.1) is 30.6 Å². The van der Waals surface area contributed by atoms with E-state index in [9.17, 15) is 0 Å². The Kier molecular flexibility index (Phi) is 8.05. The third-order valence-corrected chi connectivity index (χ3v) is 12.9. The quantitative estimate of drug-likeness (QED) is 0.222. The maximum absolute atomic E-state index is 6.20. The van der Waals surface area contributed by atoms with Gasteiger partial charge in [-0.25, -0.2) is 15.0 Å². The van der Waals surface area contributed by atoms with Crippen molar-refractivity contribution < 1.29 is 0 Å². The molecule has 0 radical (unpaired) electrons. The molecule has 32 heavy (non-hydrogen) atoms. The molecule has 0 saturated carbocycles. The van der Waals surface area contributed by atoms with E-state index in [0.717, 1.165) is 0 Å². The van der Waals surface area contributed by atoms with Gasteiger partial charge in [-0.05, 0) is 0 Å². The van der Waals surface area contributed by atoms with Gasteiger partial charge < -0.3 is 14.7 Å². The molecule has 0 aromatic carbocycles. The highest BCUT2D eigenvalue weighted by molar-refractivity contribution is 8.29. The molecule has 0 N–H and O–H groups in total. The van der Waals surface area contributed by atoms with Crippen molar-refractivity contribution in [1.29, 1.82) is 0 Å². The fourth-order valence-corrected chi connectivity index (χ4v) is 9.87. The minimum absolute atomic E-state index is 0.494. The van der Waals surface area contributed by atoms with E-state index in [0.29, 0.717) is 29.6 Å². The van der Waals surface area contributed by atoms with E-state index in [2.05, 4.69) is 45.6 Å². The molecule has 170 valence electrons. The minimum Gasteiger partial charge on any atom is -0.369 e. The van der Waals surface area contributed by atoms with E-state index >= 15 is 0 Å². The van der Waals surface area contributed by atoms with E-state index in [-0.39, 0.29) is 0 Å². The third-order valence-electron chi connectivity index (χ3n) is 3.22. The van der Waals surface area contributed by atoms with Crippen molar-refractivity contribution in [3.8, 4) is 0 Å². The van der Waals surface area contributed by atoms with Crippen LogP contribution >= 0.6 is 40.0 Å². The predicted molar refractivity (Wildman–Crippen MR) is 138 cm³/mol. The summed E-state index contributed by atoms with van der Waals surface area (Å²) >= 11 is 10.1. The van der Waals surface area contributed by atoms with Crippen LogP contribution in [0.2, 0.25) is 0 Å². The summed E-state index contributed by atoms with van der Waals surface area (Å²) in [6, 6.07) is -2.75. The van der Waals surface area contributed by atoms with Crippen LogP contribution in [0.3, 0.4) is 0 Å². The summed E-state index contributed by atoms with van der Waals surface area (Å²) in [6.45, 7) is 0. The molecule has 0 amide bonds. The molecule has 0 aliphatic rings. The number of hydrogen-bond acceptors (Lipinski definition) is 13. The number of aliphatic imine (C=N–C) groups is 3. The van der Waals surface area contributed by atoms with Gasteiger partial charge in [0.25, 0.3) is 0 Å². The Bertz CT molecular complexity index is 1030. The first-order valence-electron chi connectivity index (χ1n) is 8.92. The van der Waals surface area contributed by atoms with Crippen molar-refractivity contribution in [2.24, 2.45) is 15.0 Å². The maximum atomic E-state index is 6.20. The molecule has 0 spiro atoms. The molecule has 17 heteroatoms. The van der Waals surface area contributed by atoms with E-state index in [4.69, 9.17) is 11.8 Å². The van der Waals surface area contributed by atoms with Crippen LogP contribution in [0.25, 0.3) is 0 Å². The molecule has 0 unspecified atom stereocenters. The third kappa shape index (κ3) is 5.95. The topological polar surface area (TPSA) is 124 Å². The molecule has 3 aromatic rings. The lowest BCUT2D eigenvalue weighted by Gasteiger charge is -2.11. The first-order valence-corrected chi connectivity index (χ1v) is 14.2. The van der Waals surface area contributed by atoms with Crippen molar-refractivity contribution in [2.45, 2.75) is 0 Å². The van der Waals surface area contributed by atoms with Crippen molar-refractivity contribution >= 4 is 101 Å². The van der Waals surface area contributed by atoms with E-state index < -0.39 is 6.04 Å². The Morgan fingerprint density at radius 1 is 0.594 bits per heavy atom. The molecule has 0 fully saturated rings. The van der Waals surface area contributed by atoms with Crippen LogP contribution in [-0.2, 0) is 11.8 Å². The SMILES string of the molecule is CN(C)C=Nc1nnc(P(=S)(c2nnc(N=CN(C)C)s2)c2nnc(N=CN(C)C)s2)s1. The molecule has 0 saturated heterocycles. The van der Waals surface area contributed by atoms with Gasteiger partial charge in [0.1, 0.15) is 6.04 Å². The molecular weight excluding hydrogens is 507 g/mol. The van der Waals surface area contributed by atoms with E-state index in [1.807, 2.05) is 57.0 Å². The second-order valence-electron chi connectivity index (χ2n) is 6.84. The smallest absolute Gasteiger partial charge is 0.233 e. The molecule has 3 rings (SSSR count). The highest BCUT2D eigenvalue weighted by Gasteiger charge is 2.36. The summed E-state index contributed by atoms with van der Waals surface area (Å²) in [5.74, 6) is 0. The van der Waals surface area contributed by atoms with Crippen LogP contribution in [0, 0.1) is 0 Å². The average molecular weight is 529 g/mol. The van der Waals surface area contributed by atoms with Crippen molar-refractivity contribution in [3.63, 3.8) is 0 Å². The maximum Gasteiger partial charge on any atom is 0.233 e. The van der Waals surface area contributed by atoms with Gasteiger partial charge in [0, 0.05) is 42.3 Å². The van der Waals surface area contributed by atoms with Gasteiger partial charge in [0.05, 0.1) is 19.0 Å². The van der Waals surface area contributed by atoms with Gasteiger partial charge in [-0.2, -0.15) is 0 Å². The molecule has 0 aliphatic carbocycles. The van der Waals surface area contributed by atoms with Crippen LogP contribution in [0.5, 0.6) is 0 Å². The van der Waals surface area contributed by atoms with Gasteiger partial charge in [0.2, 0.25) is 15.4 Å². The second kappa shape index (κ2) is 10.6. The lowest BCUT2D eigenvalue weighted by Crippen LogP contribution is -2.24. The molecule has 0 aliphatic heterocycles. The Balaban J connectivity index is 2.07. The summed E-state index contributed by atoms with van der Waals surface area (Å²) in [7, 11) is 11.3. The number of aromatic nitrogens is 6. The van der Waals surface area contributed by atoms with Gasteiger partial charge in [-0.3, -0.25) is 0 Å². The molecule has 12 nitrogen and oxygen atoms in total. The molecule has 3 heterocycles. The Morgan fingerprint density at radius 3 is 1.12 bits per heavy atom. The van der Waals surface area contributed by atoms with Crippen LogP contribution in [0.1, 0.15) is 0 Å². The van der Waals surface area contributed by atoms with Crippen molar-refractivity contribution in [2.75, 3.05) is 42.3 Å². The first kappa shape index (κ1) is 24.4. The zero-order chi connectivity index (χ0) is 23.3. The predicted octanol–water partition coefficient (Wildman–Crippen LogP) is 0.661. The summed E-state index contributed by atoms with van der Waals surface area (Å²) in [6.07, 6.45) is 4.98.